The molecule has 0 aliphatic carbocycles. The molecule has 1 N–H and O–H groups in total. The molecule has 30 heavy (non-hydrogen) atoms. The number of hydrogen-bond acceptors (Lipinski definition) is 0. The Morgan fingerprint density at radius 2 is 1.60 bits per heavy atom. The van der Waals surface area contributed by atoms with Crippen molar-refractivity contribution < 1.29 is 8.79 Å². The predicted octanol–water partition coefficient (Wildman–Crippen LogP) is 6.42. The molecule has 0 spiro atoms. The molecule has 3 heterocycles. The standard InChI is InChI=1S/C25H16BrFN3/c26-21-7-3-1-6-20(21)24-25-23-19(18-5-2-4-8-22(18)28-23)13-14-29(25)15-30(24)17-11-9-16(27)10-12-17/h1-15,28H/q+1. The zero-order valence-corrected chi connectivity index (χ0v) is 17.4. The molecular formula is C25H16BrFN3+. The van der Waals surface area contributed by atoms with Crippen LogP contribution in [0.1, 0.15) is 0 Å². The second kappa shape index (κ2) is 6.54. The van der Waals surface area contributed by atoms with E-state index in [-0.39, 0.29) is 5.82 Å². The summed E-state index contributed by atoms with van der Waals surface area (Å²) in [5, 5.41) is 2.37. The maximum Gasteiger partial charge on any atom is 0.254 e. The van der Waals surface area contributed by atoms with Crippen LogP contribution in [0.5, 0.6) is 0 Å². The summed E-state index contributed by atoms with van der Waals surface area (Å²) in [5.41, 5.74) is 6.25. The Labute approximate surface area is 180 Å². The van der Waals surface area contributed by atoms with Crippen molar-refractivity contribution in [2.75, 3.05) is 0 Å². The van der Waals surface area contributed by atoms with Crippen molar-refractivity contribution in [2.24, 2.45) is 0 Å². The Hall–Kier alpha value is -3.44. The van der Waals surface area contributed by atoms with Crippen molar-refractivity contribution in [3.8, 4) is 16.9 Å². The van der Waals surface area contributed by atoms with Gasteiger partial charge in [-0.05, 0) is 48.5 Å². The molecule has 3 aromatic carbocycles. The molecule has 0 aliphatic heterocycles. The normalized spacial score (nSPS) is 11.7. The van der Waals surface area contributed by atoms with Crippen LogP contribution in [-0.4, -0.2) is 9.55 Å². The van der Waals surface area contributed by atoms with Crippen LogP contribution in [0.2, 0.25) is 0 Å². The van der Waals surface area contributed by atoms with Gasteiger partial charge in [0.1, 0.15) is 11.5 Å². The van der Waals surface area contributed by atoms with Crippen molar-refractivity contribution in [1.29, 1.82) is 0 Å². The first kappa shape index (κ1) is 17.4. The smallest absolute Gasteiger partial charge is 0.254 e. The number of rotatable bonds is 2. The van der Waals surface area contributed by atoms with Crippen molar-refractivity contribution in [3.63, 3.8) is 0 Å². The fourth-order valence-corrected chi connectivity index (χ4v) is 4.70. The zero-order chi connectivity index (χ0) is 20.2. The molecule has 0 aliphatic rings. The molecule has 0 amide bonds. The number of H-pyrrole nitrogens is 1. The number of benzene rings is 3. The number of para-hydroxylation sites is 1. The summed E-state index contributed by atoms with van der Waals surface area (Å²) in [6.45, 7) is 0. The molecule has 3 nitrogen and oxygen atoms in total. The number of imidazole rings is 1. The Balaban J connectivity index is 1.80. The van der Waals surface area contributed by atoms with Crippen LogP contribution in [0.3, 0.4) is 0 Å². The third-order valence-corrected chi connectivity index (χ3v) is 6.27. The molecule has 144 valence electrons. The SMILES string of the molecule is Fc1ccc(-n2c[n+]3ccc4c5ccccc5[nH]c4c3c2-c2ccccc2Br)cc1. The van der Waals surface area contributed by atoms with E-state index in [9.17, 15) is 4.39 Å². The summed E-state index contributed by atoms with van der Waals surface area (Å²) in [6, 6.07) is 25.2. The molecular weight excluding hydrogens is 441 g/mol. The van der Waals surface area contributed by atoms with Crippen LogP contribution in [0.4, 0.5) is 4.39 Å². The summed E-state index contributed by atoms with van der Waals surface area (Å²) < 4.78 is 18.8. The summed E-state index contributed by atoms with van der Waals surface area (Å²) in [5.74, 6) is -0.247. The molecule has 0 saturated carbocycles. The predicted molar refractivity (Wildman–Crippen MR) is 121 cm³/mol. The molecule has 6 rings (SSSR count). The van der Waals surface area contributed by atoms with Crippen LogP contribution in [-0.2, 0) is 0 Å². The second-order valence-electron chi connectivity index (χ2n) is 7.32. The molecule has 0 fully saturated rings. The van der Waals surface area contributed by atoms with Crippen LogP contribution >= 0.6 is 15.9 Å². The lowest BCUT2D eigenvalue weighted by Crippen LogP contribution is -2.17. The van der Waals surface area contributed by atoms with Crippen LogP contribution in [0.25, 0.3) is 44.3 Å². The summed E-state index contributed by atoms with van der Waals surface area (Å²) in [7, 11) is 0. The number of nitrogens with one attached hydrogen (secondary N) is 1. The van der Waals surface area contributed by atoms with E-state index in [1.807, 2.05) is 30.6 Å². The summed E-state index contributed by atoms with van der Waals surface area (Å²) in [4.78, 5) is 3.62. The third kappa shape index (κ3) is 2.52. The van der Waals surface area contributed by atoms with Gasteiger partial charge in [-0.1, -0.05) is 46.3 Å². The van der Waals surface area contributed by atoms with E-state index in [2.05, 4.69) is 66.4 Å². The molecule has 3 aromatic heterocycles. The quantitative estimate of drug-likeness (QED) is 0.291. The van der Waals surface area contributed by atoms with Gasteiger partial charge in [0, 0.05) is 26.3 Å². The monoisotopic (exact) mass is 456 g/mol. The lowest BCUT2D eigenvalue weighted by molar-refractivity contribution is -0.510. The number of aromatic amines is 1. The minimum absolute atomic E-state index is 0.247. The minimum atomic E-state index is -0.247. The molecule has 0 radical (unpaired) electrons. The number of fused-ring (bicyclic) bond motifs is 5. The van der Waals surface area contributed by atoms with Crippen molar-refractivity contribution in [2.45, 2.75) is 0 Å². The second-order valence-corrected chi connectivity index (χ2v) is 8.18. The van der Waals surface area contributed by atoms with E-state index in [1.54, 1.807) is 12.1 Å². The lowest BCUT2D eigenvalue weighted by atomic mass is 10.1. The number of pyridine rings is 1. The lowest BCUT2D eigenvalue weighted by Gasteiger charge is -2.05. The van der Waals surface area contributed by atoms with Gasteiger partial charge in [0.2, 0.25) is 5.52 Å². The van der Waals surface area contributed by atoms with Gasteiger partial charge in [0.15, 0.2) is 5.69 Å². The maximum atomic E-state index is 13.6. The summed E-state index contributed by atoms with van der Waals surface area (Å²) >= 11 is 3.73. The van der Waals surface area contributed by atoms with E-state index in [1.165, 1.54) is 22.9 Å². The Morgan fingerprint density at radius 1 is 0.833 bits per heavy atom. The highest BCUT2D eigenvalue weighted by molar-refractivity contribution is 9.10. The van der Waals surface area contributed by atoms with Gasteiger partial charge in [-0.25, -0.2) is 4.39 Å². The van der Waals surface area contributed by atoms with E-state index >= 15 is 0 Å². The fraction of sp³-hybridized carbons (Fsp3) is 0. The number of aromatic nitrogens is 3. The third-order valence-electron chi connectivity index (χ3n) is 5.58. The Bertz CT molecular complexity index is 1560. The van der Waals surface area contributed by atoms with E-state index in [0.29, 0.717) is 0 Å². The molecule has 0 atom stereocenters. The van der Waals surface area contributed by atoms with E-state index in [0.717, 1.165) is 38.0 Å². The first-order chi connectivity index (χ1) is 14.7. The topological polar surface area (TPSA) is 24.8 Å². The van der Waals surface area contributed by atoms with Gasteiger partial charge in [-0.15, -0.1) is 0 Å². The highest BCUT2D eigenvalue weighted by atomic mass is 79.9. The highest BCUT2D eigenvalue weighted by Gasteiger charge is 2.26. The highest BCUT2D eigenvalue weighted by Crippen LogP contribution is 2.36. The van der Waals surface area contributed by atoms with E-state index < -0.39 is 0 Å². The molecule has 0 saturated heterocycles. The maximum absolute atomic E-state index is 13.6. The first-order valence-electron chi connectivity index (χ1n) is 9.67. The Morgan fingerprint density at radius 3 is 2.43 bits per heavy atom. The average Bonchev–Trinajstić information content (AvgIpc) is 3.33. The average molecular weight is 457 g/mol. The molecule has 6 aromatic rings. The molecule has 0 unspecified atom stereocenters. The number of hydrogen-bond donors (Lipinski definition) is 1. The van der Waals surface area contributed by atoms with Gasteiger partial charge in [0.25, 0.3) is 6.33 Å². The first-order valence-corrected chi connectivity index (χ1v) is 10.5. The number of nitrogens with zero attached hydrogens (tertiary/aromatic N) is 2. The largest absolute Gasteiger partial charge is 0.351 e. The van der Waals surface area contributed by atoms with Crippen molar-refractivity contribution in [1.82, 2.24) is 9.55 Å². The molecule has 5 heteroatoms. The van der Waals surface area contributed by atoms with Gasteiger partial charge >= 0.3 is 0 Å². The van der Waals surface area contributed by atoms with Gasteiger partial charge < -0.3 is 4.98 Å². The number of halogens is 2. The van der Waals surface area contributed by atoms with Crippen molar-refractivity contribution >= 4 is 43.3 Å². The van der Waals surface area contributed by atoms with Gasteiger partial charge in [-0.2, -0.15) is 8.97 Å². The van der Waals surface area contributed by atoms with Crippen molar-refractivity contribution in [3.05, 3.63) is 102 Å². The van der Waals surface area contributed by atoms with Gasteiger partial charge in [-0.3, -0.25) is 0 Å². The summed E-state index contributed by atoms with van der Waals surface area (Å²) in [6.07, 6.45) is 4.13. The van der Waals surface area contributed by atoms with Crippen LogP contribution in [0, 0.1) is 5.82 Å². The van der Waals surface area contributed by atoms with E-state index in [4.69, 9.17) is 0 Å². The van der Waals surface area contributed by atoms with Crippen LogP contribution < -0.4 is 4.40 Å². The fourth-order valence-electron chi connectivity index (χ4n) is 4.22. The van der Waals surface area contributed by atoms with Crippen LogP contribution in [0.15, 0.2) is 95.9 Å². The Kier molecular flexibility index (Phi) is 3.80. The zero-order valence-electron chi connectivity index (χ0n) is 15.8. The molecule has 0 bridgehead atoms. The van der Waals surface area contributed by atoms with Gasteiger partial charge in [0.05, 0.1) is 11.7 Å². The minimum Gasteiger partial charge on any atom is -0.351 e.